The van der Waals surface area contributed by atoms with Gasteiger partial charge in [0, 0.05) is 23.2 Å². The van der Waals surface area contributed by atoms with Crippen molar-refractivity contribution in [1.82, 2.24) is 14.6 Å². The molecule has 0 amide bonds. The minimum absolute atomic E-state index is 0.0896. The highest BCUT2D eigenvalue weighted by atomic mass is 16.4. The number of hydrogen-bond acceptors (Lipinski definition) is 3. The smallest absolute Gasteiger partial charge is 0.354 e. The summed E-state index contributed by atoms with van der Waals surface area (Å²) >= 11 is 0. The molecule has 1 fully saturated rings. The molecule has 0 spiro atoms. The fourth-order valence-electron chi connectivity index (χ4n) is 2.92. The standard InChI is InChI=1S/C18H17N3O2/c1-10-3-4-11(2)13(7-10)14-9-17-19-15(18(22)23)8-16(12-5-6-12)21(17)20-14/h3-4,7-9,12H,5-6H2,1-2H3,(H,22,23). The van der Waals surface area contributed by atoms with Crippen molar-refractivity contribution in [3.63, 3.8) is 0 Å². The van der Waals surface area contributed by atoms with Crippen molar-refractivity contribution in [2.45, 2.75) is 32.6 Å². The SMILES string of the molecule is Cc1ccc(C)c(-c2cc3nc(C(=O)O)cc(C4CC4)n3n2)c1. The van der Waals surface area contributed by atoms with Gasteiger partial charge in [-0.15, -0.1) is 0 Å². The molecule has 23 heavy (non-hydrogen) atoms. The molecule has 2 aromatic heterocycles. The first kappa shape index (κ1) is 13.9. The number of nitrogens with zero attached hydrogens (tertiary/aromatic N) is 3. The molecule has 4 rings (SSSR count). The van der Waals surface area contributed by atoms with E-state index in [0.717, 1.165) is 35.4 Å². The van der Waals surface area contributed by atoms with Gasteiger partial charge in [-0.25, -0.2) is 14.3 Å². The van der Waals surface area contributed by atoms with Gasteiger partial charge in [-0.3, -0.25) is 0 Å². The summed E-state index contributed by atoms with van der Waals surface area (Å²) in [6.45, 7) is 4.10. The third-order valence-corrected chi connectivity index (χ3v) is 4.34. The molecule has 5 heteroatoms. The van der Waals surface area contributed by atoms with E-state index in [1.54, 1.807) is 10.6 Å². The first-order valence-electron chi connectivity index (χ1n) is 7.74. The normalized spacial score (nSPS) is 14.3. The average molecular weight is 307 g/mol. The molecule has 1 N–H and O–H groups in total. The Morgan fingerprint density at radius 1 is 1.22 bits per heavy atom. The van der Waals surface area contributed by atoms with Gasteiger partial charge in [-0.1, -0.05) is 17.7 Å². The van der Waals surface area contributed by atoms with E-state index in [-0.39, 0.29) is 5.69 Å². The first-order valence-corrected chi connectivity index (χ1v) is 7.74. The highest BCUT2D eigenvalue weighted by Crippen LogP contribution is 2.40. The van der Waals surface area contributed by atoms with Gasteiger partial charge in [0.05, 0.1) is 5.69 Å². The van der Waals surface area contributed by atoms with Crippen LogP contribution in [-0.2, 0) is 0 Å². The number of hydrogen-bond donors (Lipinski definition) is 1. The molecule has 5 nitrogen and oxygen atoms in total. The highest BCUT2D eigenvalue weighted by Gasteiger charge is 2.28. The van der Waals surface area contributed by atoms with Crippen LogP contribution in [0.15, 0.2) is 30.3 Å². The lowest BCUT2D eigenvalue weighted by Crippen LogP contribution is -2.06. The van der Waals surface area contributed by atoms with Crippen LogP contribution in [0, 0.1) is 13.8 Å². The molecule has 3 aromatic rings. The van der Waals surface area contributed by atoms with E-state index < -0.39 is 5.97 Å². The Labute approximate surface area is 133 Å². The Morgan fingerprint density at radius 2 is 2.00 bits per heavy atom. The zero-order valence-corrected chi connectivity index (χ0v) is 13.1. The third kappa shape index (κ3) is 2.38. The number of carbonyl (C=O) groups is 1. The molecule has 1 saturated carbocycles. The summed E-state index contributed by atoms with van der Waals surface area (Å²) in [7, 11) is 0. The van der Waals surface area contributed by atoms with Gasteiger partial charge in [-0.2, -0.15) is 5.10 Å². The molecule has 1 aliphatic carbocycles. The van der Waals surface area contributed by atoms with Crippen LogP contribution in [0.5, 0.6) is 0 Å². The number of carboxylic acid groups (broad SMARTS) is 1. The van der Waals surface area contributed by atoms with Gasteiger partial charge in [0.2, 0.25) is 0 Å². The molecule has 0 atom stereocenters. The molecule has 116 valence electrons. The van der Waals surface area contributed by atoms with E-state index in [9.17, 15) is 9.90 Å². The Hall–Kier alpha value is -2.69. The predicted molar refractivity (Wildman–Crippen MR) is 86.8 cm³/mol. The summed E-state index contributed by atoms with van der Waals surface area (Å²) in [6, 6.07) is 9.79. The quantitative estimate of drug-likeness (QED) is 0.803. The van der Waals surface area contributed by atoms with Gasteiger partial charge in [0.15, 0.2) is 11.3 Å². The highest BCUT2D eigenvalue weighted by molar-refractivity contribution is 5.86. The van der Waals surface area contributed by atoms with Gasteiger partial charge in [0.1, 0.15) is 0 Å². The molecule has 0 aliphatic heterocycles. The van der Waals surface area contributed by atoms with Gasteiger partial charge in [0.25, 0.3) is 0 Å². The fourth-order valence-corrected chi connectivity index (χ4v) is 2.92. The van der Waals surface area contributed by atoms with Crippen LogP contribution >= 0.6 is 0 Å². The van der Waals surface area contributed by atoms with E-state index in [0.29, 0.717) is 11.6 Å². The van der Waals surface area contributed by atoms with Gasteiger partial charge < -0.3 is 5.11 Å². The van der Waals surface area contributed by atoms with Crippen molar-refractivity contribution in [1.29, 1.82) is 0 Å². The number of aromatic carboxylic acids is 1. The predicted octanol–water partition coefficient (Wildman–Crippen LogP) is 3.59. The molecule has 2 heterocycles. The van der Waals surface area contributed by atoms with Crippen LogP contribution in [-0.4, -0.2) is 25.7 Å². The molecule has 0 saturated heterocycles. The van der Waals surface area contributed by atoms with Crippen molar-refractivity contribution >= 4 is 11.6 Å². The molecule has 1 aromatic carbocycles. The molecular formula is C18H17N3O2. The molecule has 0 bridgehead atoms. The van der Waals surface area contributed by atoms with Gasteiger partial charge in [-0.05, 0) is 44.4 Å². The lowest BCUT2D eigenvalue weighted by Gasteiger charge is -2.05. The van der Waals surface area contributed by atoms with Crippen molar-refractivity contribution in [2.75, 3.05) is 0 Å². The van der Waals surface area contributed by atoms with Crippen LogP contribution < -0.4 is 0 Å². The van der Waals surface area contributed by atoms with E-state index in [1.807, 2.05) is 6.07 Å². The lowest BCUT2D eigenvalue weighted by molar-refractivity contribution is 0.0690. The molecule has 0 unspecified atom stereocenters. The van der Waals surface area contributed by atoms with Crippen molar-refractivity contribution in [2.24, 2.45) is 0 Å². The summed E-state index contributed by atoms with van der Waals surface area (Å²) in [6.07, 6.45) is 2.16. The van der Waals surface area contributed by atoms with Crippen LogP contribution in [0.2, 0.25) is 0 Å². The second kappa shape index (κ2) is 4.91. The number of aromatic nitrogens is 3. The Balaban J connectivity index is 1.95. The monoisotopic (exact) mass is 307 g/mol. The van der Waals surface area contributed by atoms with Gasteiger partial charge >= 0.3 is 5.97 Å². The Kier molecular flexibility index (Phi) is 2.98. The molecule has 1 aliphatic rings. The summed E-state index contributed by atoms with van der Waals surface area (Å²) in [5.41, 5.74) is 5.85. The zero-order valence-electron chi connectivity index (χ0n) is 13.1. The Bertz CT molecular complexity index is 939. The molecular weight excluding hydrogens is 290 g/mol. The summed E-state index contributed by atoms with van der Waals surface area (Å²) < 4.78 is 1.81. The summed E-state index contributed by atoms with van der Waals surface area (Å²) in [4.78, 5) is 15.6. The van der Waals surface area contributed by atoms with E-state index >= 15 is 0 Å². The van der Waals surface area contributed by atoms with E-state index in [4.69, 9.17) is 5.10 Å². The van der Waals surface area contributed by atoms with Crippen LogP contribution in [0.1, 0.15) is 46.1 Å². The summed E-state index contributed by atoms with van der Waals surface area (Å²) in [5.74, 6) is -0.603. The number of carboxylic acids is 1. The maximum absolute atomic E-state index is 11.3. The second-order valence-electron chi connectivity index (χ2n) is 6.26. The maximum Gasteiger partial charge on any atom is 0.354 e. The lowest BCUT2D eigenvalue weighted by atomic mass is 10.0. The third-order valence-electron chi connectivity index (χ3n) is 4.34. The largest absolute Gasteiger partial charge is 0.477 e. The Morgan fingerprint density at radius 3 is 2.70 bits per heavy atom. The van der Waals surface area contributed by atoms with Crippen LogP contribution in [0.4, 0.5) is 0 Å². The van der Waals surface area contributed by atoms with Crippen molar-refractivity contribution < 1.29 is 9.90 Å². The minimum atomic E-state index is -0.996. The fraction of sp³-hybridized carbons (Fsp3) is 0.278. The van der Waals surface area contributed by atoms with E-state index in [1.165, 1.54) is 5.56 Å². The minimum Gasteiger partial charge on any atom is -0.477 e. The number of benzene rings is 1. The van der Waals surface area contributed by atoms with Crippen LogP contribution in [0.3, 0.4) is 0 Å². The van der Waals surface area contributed by atoms with E-state index in [2.05, 4.69) is 37.0 Å². The van der Waals surface area contributed by atoms with Crippen molar-refractivity contribution in [3.05, 3.63) is 52.8 Å². The first-order chi connectivity index (χ1) is 11.0. The number of aryl methyl sites for hydroxylation is 2. The van der Waals surface area contributed by atoms with Crippen molar-refractivity contribution in [3.8, 4) is 11.3 Å². The topological polar surface area (TPSA) is 67.5 Å². The maximum atomic E-state index is 11.3. The molecule has 0 radical (unpaired) electrons. The summed E-state index contributed by atoms with van der Waals surface area (Å²) in [5, 5.41) is 14.0. The zero-order chi connectivity index (χ0) is 16.1. The number of rotatable bonds is 3. The average Bonchev–Trinajstić information content (AvgIpc) is 3.27. The van der Waals surface area contributed by atoms with Crippen LogP contribution in [0.25, 0.3) is 16.9 Å². The second-order valence-corrected chi connectivity index (χ2v) is 6.26. The number of fused-ring (bicyclic) bond motifs is 1.